The van der Waals surface area contributed by atoms with Crippen molar-refractivity contribution < 1.29 is 22.6 Å². The highest BCUT2D eigenvalue weighted by Crippen LogP contribution is 2.32. The Balaban J connectivity index is 2.32. The molecule has 1 heterocycles. The first-order chi connectivity index (χ1) is 9.92. The van der Waals surface area contributed by atoms with Gasteiger partial charge in [-0.3, -0.25) is 0 Å². The molecule has 4 nitrogen and oxygen atoms in total. The van der Waals surface area contributed by atoms with Crippen LogP contribution < -0.4 is 9.47 Å². The third-order valence-electron chi connectivity index (χ3n) is 2.51. The van der Waals surface area contributed by atoms with E-state index >= 15 is 0 Å². The monoisotopic (exact) mass is 294 g/mol. The molecule has 0 unspecified atom stereocenters. The van der Waals surface area contributed by atoms with Gasteiger partial charge in [0.1, 0.15) is 23.3 Å². The van der Waals surface area contributed by atoms with E-state index in [1.165, 1.54) is 31.4 Å². The average molecular weight is 294 g/mol. The number of methoxy groups -OCH3 is 1. The van der Waals surface area contributed by atoms with Crippen LogP contribution in [-0.4, -0.2) is 12.1 Å². The summed E-state index contributed by atoms with van der Waals surface area (Å²) in [5.41, 5.74) is -0.792. The van der Waals surface area contributed by atoms with E-state index in [4.69, 9.17) is 14.7 Å². The fourth-order valence-electron chi connectivity index (χ4n) is 1.57. The molecule has 7 heteroatoms. The lowest BCUT2D eigenvalue weighted by Gasteiger charge is -2.10. The van der Waals surface area contributed by atoms with Crippen molar-refractivity contribution in [3.63, 3.8) is 0 Å². The van der Waals surface area contributed by atoms with Crippen LogP contribution in [0.4, 0.5) is 13.2 Å². The maximum Gasteiger partial charge on any atom is 0.416 e. The maximum absolute atomic E-state index is 12.6. The molecule has 0 spiro atoms. The molecule has 0 N–H and O–H groups in total. The van der Waals surface area contributed by atoms with Gasteiger partial charge in [0.2, 0.25) is 5.88 Å². The minimum absolute atomic E-state index is 0.0229. The number of pyridine rings is 1. The van der Waals surface area contributed by atoms with Crippen LogP contribution in [-0.2, 0) is 6.18 Å². The molecule has 0 atom stereocenters. The van der Waals surface area contributed by atoms with Gasteiger partial charge in [-0.05, 0) is 18.2 Å². The van der Waals surface area contributed by atoms with Gasteiger partial charge < -0.3 is 9.47 Å². The number of hydrogen-bond acceptors (Lipinski definition) is 4. The quantitative estimate of drug-likeness (QED) is 0.864. The van der Waals surface area contributed by atoms with Gasteiger partial charge in [-0.2, -0.15) is 18.4 Å². The standard InChI is InChI=1S/C14H9F3N2O2/c1-20-12-6-10(8-18)19-13(7-12)21-11-4-2-3-9(5-11)14(15,16)17/h2-7H,1H3. The zero-order valence-corrected chi connectivity index (χ0v) is 10.8. The molecular weight excluding hydrogens is 285 g/mol. The van der Waals surface area contributed by atoms with Gasteiger partial charge in [-0.1, -0.05) is 6.07 Å². The lowest BCUT2D eigenvalue weighted by Crippen LogP contribution is -2.04. The molecule has 0 aliphatic heterocycles. The number of rotatable bonds is 3. The third kappa shape index (κ3) is 3.63. The second-order valence-corrected chi connectivity index (χ2v) is 3.97. The minimum atomic E-state index is -4.46. The summed E-state index contributed by atoms with van der Waals surface area (Å²) in [6, 6.07) is 8.96. The zero-order valence-electron chi connectivity index (χ0n) is 10.8. The van der Waals surface area contributed by atoms with Crippen LogP contribution in [0.25, 0.3) is 0 Å². The fraction of sp³-hybridized carbons (Fsp3) is 0.143. The van der Waals surface area contributed by atoms with Crippen LogP contribution in [0.1, 0.15) is 11.3 Å². The van der Waals surface area contributed by atoms with E-state index in [1.54, 1.807) is 0 Å². The van der Waals surface area contributed by atoms with Crippen LogP contribution in [0, 0.1) is 11.3 Å². The smallest absolute Gasteiger partial charge is 0.416 e. The number of halogens is 3. The van der Waals surface area contributed by atoms with E-state index in [1.807, 2.05) is 6.07 Å². The van der Waals surface area contributed by atoms with Crippen molar-refractivity contribution in [3.8, 4) is 23.4 Å². The number of nitrogens with zero attached hydrogens (tertiary/aromatic N) is 2. The van der Waals surface area contributed by atoms with E-state index in [2.05, 4.69) is 4.98 Å². The van der Waals surface area contributed by atoms with Gasteiger partial charge in [-0.25, -0.2) is 4.98 Å². The molecule has 0 saturated carbocycles. The Morgan fingerprint density at radius 3 is 2.52 bits per heavy atom. The topological polar surface area (TPSA) is 55.1 Å². The van der Waals surface area contributed by atoms with Crippen LogP contribution in [0.3, 0.4) is 0 Å². The Morgan fingerprint density at radius 1 is 1.14 bits per heavy atom. The predicted molar refractivity (Wildman–Crippen MR) is 67.0 cm³/mol. The summed E-state index contributed by atoms with van der Waals surface area (Å²) in [5.74, 6) is 0.267. The molecule has 2 rings (SSSR count). The Kier molecular flexibility index (Phi) is 3.98. The molecule has 0 radical (unpaired) electrons. The fourth-order valence-corrected chi connectivity index (χ4v) is 1.57. The Morgan fingerprint density at radius 2 is 1.90 bits per heavy atom. The predicted octanol–water partition coefficient (Wildman–Crippen LogP) is 3.77. The normalized spacial score (nSPS) is 10.8. The summed E-state index contributed by atoms with van der Waals surface area (Å²) >= 11 is 0. The number of alkyl halides is 3. The summed E-state index contributed by atoms with van der Waals surface area (Å²) < 4.78 is 48.0. The van der Waals surface area contributed by atoms with Crippen molar-refractivity contribution in [3.05, 3.63) is 47.7 Å². The summed E-state index contributed by atoms with van der Waals surface area (Å²) in [4.78, 5) is 3.84. The number of benzene rings is 1. The average Bonchev–Trinajstić information content (AvgIpc) is 2.46. The van der Waals surface area contributed by atoms with Gasteiger partial charge in [0.15, 0.2) is 0 Å². The molecule has 2 aromatic rings. The van der Waals surface area contributed by atoms with E-state index in [-0.39, 0.29) is 17.3 Å². The van der Waals surface area contributed by atoms with Crippen molar-refractivity contribution in [1.29, 1.82) is 5.26 Å². The van der Waals surface area contributed by atoms with E-state index < -0.39 is 11.7 Å². The molecular formula is C14H9F3N2O2. The second kappa shape index (κ2) is 5.71. The summed E-state index contributed by atoms with van der Waals surface area (Å²) in [6.45, 7) is 0. The van der Waals surface area contributed by atoms with Crippen molar-refractivity contribution in [2.24, 2.45) is 0 Å². The van der Waals surface area contributed by atoms with Gasteiger partial charge in [0.25, 0.3) is 0 Å². The van der Waals surface area contributed by atoms with Crippen LogP contribution >= 0.6 is 0 Å². The highest BCUT2D eigenvalue weighted by atomic mass is 19.4. The molecule has 108 valence electrons. The van der Waals surface area contributed by atoms with Crippen LogP contribution in [0.15, 0.2) is 36.4 Å². The van der Waals surface area contributed by atoms with E-state index in [0.717, 1.165) is 12.1 Å². The SMILES string of the molecule is COc1cc(C#N)nc(Oc2cccc(C(F)(F)F)c2)c1. The summed E-state index contributed by atoms with van der Waals surface area (Å²) in [7, 11) is 1.39. The van der Waals surface area contributed by atoms with Crippen molar-refractivity contribution >= 4 is 0 Å². The van der Waals surface area contributed by atoms with Gasteiger partial charge >= 0.3 is 6.18 Å². The highest BCUT2D eigenvalue weighted by molar-refractivity contribution is 5.38. The third-order valence-corrected chi connectivity index (χ3v) is 2.51. The van der Waals surface area contributed by atoms with Gasteiger partial charge in [0, 0.05) is 12.1 Å². The minimum Gasteiger partial charge on any atom is -0.496 e. The molecule has 0 aliphatic carbocycles. The molecule has 0 bridgehead atoms. The Labute approximate surface area is 118 Å². The first kappa shape index (κ1) is 14.7. The van der Waals surface area contributed by atoms with Crippen molar-refractivity contribution in [2.75, 3.05) is 7.11 Å². The number of nitriles is 1. The highest BCUT2D eigenvalue weighted by Gasteiger charge is 2.30. The Hall–Kier alpha value is -2.75. The molecule has 0 aliphatic rings. The summed E-state index contributed by atoms with van der Waals surface area (Å²) in [5, 5.41) is 8.83. The molecule has 0 saturated heterocycles. The zero-order chi connectivity index (χ0) is 15.5. The first-order valence-electron chi connectivity index (χ1n) is 5.73. The van der Waals surface area contributed by atoms with E-state index in [0.29, 0.717) is 5.75 Å². The number of ether oxygens (including phenoxy) is 2. The number of hydrogen-bond donors (Lipinski definition) is 0. The van der Waals surface area contributed by atoms with Crippen LogP contribution in [0.2, 0.25) is 0 Å². The van der Waals surface area contributed by atoms with Crippen molar-refractivity contribution in [2.45, 2.75) is 6.18 Å². The van der Waals surface area contributed by atoms with Crippen molar-refractivity contribution in [1.82, 2.24) is 4.98 Å². The molecule has 0 amide bonds. The maximum atomic E-state index is 12.6. The van der Waals surface area contributed by atoms with Gasteiger partial charge in [-0.15, -0.1) is 0 Å². The Bertz CT molecular complexity index is 693. The second-order valence-electron chi connectivity index (χ2n) is 3.97. The van der Waals surface area contributed by atoms with Crippen LogP contribution in [0.5, 0.6) is 17.4 Å². The van der Waals surface area contributed by atoms with Gasteiger partial charge in [0.05, 0.1) is 12.7 Å². The molecule has 1 aromatic heterocycles. The van der Waals surface area contributed by atoms with E-state index in [9.17, 15) is 13.2 Å². The summed E-state index contributed by atoms with van der Waals surface area (Å²) in [6.07, 6.45) is -4.46. The lowest BCUT2D eigenvalue weighted by molar-refractivity contribution is -0.137. The first-order valence-corrected chi connectivity index (χ1v) is 5.73. The largest absolute Gasteiger partial charge is 0.496 e. The lowest BCUT2D eigenvalue weighted by atomic mass is 10.2. The molecule has 21 heavy (non-hydrogen) atoms. The molecule has 1 aromatic carbocycles. The number of aromatic nitrogens is 1. The molecule has 0 fully saturated rings.